The molecule has 2 aliphatic rings. The highest BCUT2D eigenvalue weighted by Gasteiger charge is 2.30. The molecule has 2 N–H and O–H groups in total. The number of fused-ring (bicyclic) bond motifs is 1. The molecule has 2 aliphatic heterocycles. The van der Waals surface area contributed by atoms with E-state index in [1.165, 1.54) is 0 Å². The predicted molar refractivity (Wildman–Crippen MR) is 86.2 cm³/mol. The molecule has 3 heterocycles. The molecule has 0 bridgehead atoms. The van der Waals surface area contributed by atoms with Gasteiger partial charge in [0.05, 0.1) is 16.6 Å². The lowest BCUT2D eigenvalue weighted by Gasteiger charge is -2.11. The fourth-order valence-electron chi connectivity index (χ4n) is 2.68. The van der Waals surface area contributed by atoms with Gasteiger partial charge in [-0.25, -0.2) is 5.43 Å². The monoisotopic (exact) mass is 317 g/mol. The number of hydrogen-bond acceptors (Lipinski definition) is 5. The molecule has 1 amide bonds. The minimum absolute atomic E-state index is 0.0288. The van der Waals surface area contributed by atoms with Crippen molar-refractivity contribution in [1.82, 2.24) is 15.7 Å². The van der Waals surface area contributed by atoms with E-state index in [0.717, 1.165) is 52.2 Å². The molecule has 0 saturated carbocycles. The van der Waals surface area contributed by atoms with Gasteiger partial charge in [-0.05, 0) is 12.1 Å². The first-order valence-corrected chi connectivity index (χ1v) is 9.00. The fraction of sp³-hybridized carbons (Fsp3) is 0.400. The molecule has 22 heavy (non-hydrogen) atoms. The summed E-state index contributed by atoms with van der Waals surface area (Å²) in [6, 6.07) is 5.95. The Labute approximate surface area is 130 Å². The molecule has 1 fully saturated rings. The highest BCUT2D eigenvalue weighted by Crippen LogP contribution is 2.24. The minimum Gasteiger partial charge on any atom is -0.400 e. The van der Waals surface area contributed by atoms with Gasteiger partial charge >= 0.3 is 5.22 Å². The van der Waals surface area contributed by atoms with Gasteiger partial charge in [0.1, 0.15) is 17.0 Å². The van der Waals surface area contributed by atoms with Crippen molar-refractivity contribution in [3.63, 3.8) is 0 Å². The summed E-state index contributed by atoms with van der Waals surface area (Å²) in [5.41, 5.74) is 6.11. The second-order valence-corrected chi connectivity index (χ2v) is 7.56. The van der Waals surface area contributed by atoms with Crippen molar-refractivity contribution in [2.45, 2.75) is 18.1 Å². The van der Waals surface area contributed by atoms with E-state index in [1.54, 1.807) is 0 Å². The lowest BCUT2D eigenvalue weighted by molar-refractivity contribution is -0.121. The summed E-state index contributed by atoms with van der Waals surface area (Å²) in [6.07, 6.45) is 1.14. The molecule has 1 aromatic heterocycles. The Bertz CT molecular complexity index is 749. The molecule has 0 spiro atoms. The van der Waals surface area contributed by atoms with Crippen molar-refractivity contribution in [2.24, 2.45) is 5.10 Å². The van der Waals surface area contributed by atoms with Gasteiger partial charge in [0.25, 0.3) is 0 Å². The van der Waals surface area contributed by atoms with E-state index in [0.29, 0.717) is 12.8 Å². The number of hydrazone groups is 1. The first-order valence-electron chi connectivity index (χ1n) is 7.44. The van der Waals surface area contributed by atoms with Crippen LogP contribution in [-0.2, 0) is 15.7 Å². The highest BCUT2D eigenvalue weighted by molar-refractivity contribution is 7.96. The van der Waals surface area contributed by atoms with Gasteiger partial charge in [0.2, 0.25) is 5.91 Å². The molecular weight excluding hydrogens is 300 g/mol. The zero-order chi connectivity index (χ0) is 14.9. The summed E-state index contributed by atoms with van der Waals surface area (Å²) in [5, 5.41) is 8.36. The average molecular weight is 317 g/mol. The normalized spacial score (nSPS) is 20.0. The van der Waals surface area contributed by atoms with Crippen molar-refractivity contribution in [3.05, 3.63) is 23.8 Å². The number of carbonyl (C=O) groups is 1. The SMILES string of the molecule is O=C1CCC(c2ccc3nc([S+]4CCNCC4)oc3c2)=NN1. The number of carbonyl (C=O) groups excluding carboxylic acids is 1. The number of nitrogens with zero attached hydrogens (tertiary/aromatic N) is 2. The van der Waals surface area contributed by atoms with Gasteiger partial charge in [-0.3, -0.25) is 4.79 Å². The molecule has 0 unspecified atom stereocenters. The van der Waals surface area contributed by atoms with Crippen LogP contribution in [0.2, 0.25) is 0 Å². The summed E-state index contributed by atoms with van der Waals surface area (Å²) < 4.78 is 5.99. The van der Waals surface area contributed by atoms with Crippen molar-refractivity contribution in [1.29, 1.82) is 0 Å². The Hall–Kier alpha value is -1.86. The minimum atomic E-state index is -0.0288. The van der Waals surface area contributed by atoms with E-state index in [-0.39, 0.29) is 16.8 Å². The zero-order valence-electron chi connectivity index (χ0n) is 12.1. The van der Waals surface area contributed by atoms with Gasteiger partial charge in [0.15, 0.2) is 5.58 Å². The number of oxazole rings is 1. The Balaban J connectivity index is 1.64. The number of nitrogens with one attached hydrogen (secondary N) is 2. The predicted octanol–water partition coefficient (Wildman–Crippen LogP) is 1.02. The maximum absolute atomic E-state index is 11.2. The number of amides is 1. The van der Waals surface area contributed by atoms with Gasteiger partial charge in [-0.2, -0.15) is 10.1 Å². The van der Waals surface area contributed by atoms with Crippen molar-refractivity contribution < 1.29 is 9.21 Å². The lowest BCUT2D eigenvalue weighted by Crippen LogP contribution is -2.36. The molecule has 1 aromatic carbocycles. The third-order valence-corrected chi connectivity index (χ3v) is 5.97. The Morgan fingerprint density at radius 3 is 2.82 bits per heavy atom. The zero-order valence-corrected chi connectivity index (χ0v) is 12.9. The van der Waals surface area contributed by atoms with Crippen molar-refractivity contribution in [3.8, 4) is 0 Å². The maximum atomic E-state index is 11.2. The summed E-state index contributed by atoms with van der Waals surface area (Å²) in [5.74, 6) is 2.16. The molecule has 2 aromatic rings. The smallest absolute Gasteiger partial charge is 0.400 e. The summed E-state index contributed by atoms with van der Waals surface area (Å²) in [7, 11) is 0.116. The first kappa shape index (κ1) is 13.8. The largest absolute Gasteiger partial charge is 0.418 e. The molecule has 0 aliphatic carbocycles. The van der Waals surface area contributed by atoms with Crippen molar-refractivity contribution in [2.75, 3.05) is 24.6 Å². The van der Waals surface area contributed by atoms with Gasteiger partial charge in [-0.1, -0.05) is 6.07 Å². The van der Waals surface area contributed by atoms with Crippen LogP contribution in [0.5, 0.6) is 0 Å². The summed E-state index contributed by atoms with van der Waals surface area (Å²) in [4.78, 5) is 15.8. The molecule has 0 radical (unpaired) electrons. The van der Waals surface area contributed by atoms with E-state index in [1.807, 2.05) is 18.2 Å². The third-order valence-electron chi connectivity index (χ3n) is 3.90. The van der Waals surface area contributed by atoms with Crippen LogP contribution in [0, 0.1) is 0 Å². The van der Waals surface area contributed by atoms with E-state index < -0.39 is 0 Å². The van der Waals surface area contributed by atoms with Crippen LogP contribution in [0.25, 0.3) is 11.1 Å². The van der Waals surface area contributed by atoms with Crippen molar-refractivity contribution >= 4 is 33.6 Å². The second kappa shape index (κ2) is 5.73. The fourth-order valence-corrected chi connectivity index (χ4v) is 4.45. The Kier molecular flexibility index (Phi) is 3.59. The molecule has 4 rings (SSSR count). The Morgan fingerprint density at radius 2 is 2.05 bits per heavy atom. The third kappa shape index (κ3) is 2.62. The molecule has 114 valence electrons. The average Bonchev–Trinajstić information content (AvgIpc) is 2.99. The lowest BCUT2D eigenvalue weighted by atomic mass is 10.0. The molecule has 0 atom stereocenters. The van der Waals surface area contributed by atoms with E-state index in [9.17, 15) is 4.79 Å². The van der Waals surface area contributed by atoms with Crippen LogP contribution in [0.3, 0.4) is 0 Å². The topological polar surface area (TPSA) is 79.5 Å². The van der Waals surface area contributed by atoms with Crippen LogP contribution in [0.15, 0.2) is 32.9 Å². The molecular formula is C15H17N4O2S+. The number of hydrogen-bond donors (Lipinski definition) is 2. The standard InChI is InChI=1S/C15H16N4O2S/c20-14-4-3-11(18-19-14)10-1-2-12-13(9-10)21-15(17-12)22-7-5-16-6-8-22/h1-2,9,16H,3-8H2/p+1. The van der Waals surface area contributed by atoms with E-state index >= 15 is 0 Å². The van der Waals surface area contributed by atoms with Crippen LogP contribution in [0.1, 0.15) is 18.4 Å². The summed E-state index contributed by atoms with van der Waals surface area (Å²) >= 11 is 0. The number of aromatic nitrogens is 1. The van der Waals surface area contributed by atoms with E-state index in [2.05, 4.69) is 20.8 Å². The quantitative estimate of drug-likeness (QED) is 0.811. The first-order chi connectivity index (χ1) is 10.8. The molecule has 1 saturated heterocycles. The molecule has 6 nitrogen and oxygen atoms in total. The van der Waals surface area contributed by atoms with Crippen LogP contribution in [-0.4, -0.2) is 41.2 Å². The van der Waals surface area contributed by atoms with Crippen LogP contribution in [0.4, 0.5) is 0 Å². The van der Waals surface area contributed by atoms with Gasteiger partial charge in [0, 0.05) is 31.5 Å². The maximum Gasteiger partial charge on any atom is 0.418 e. The molecule has 7 heteroatoms. The number of rotatable bonds is 2. The highest BCUT2D eigenvalue weighted by atomic mass is 32.2. The van der Waals surface area contributed by atoms with Gasteiger partial charge in [-0.15, -0.1) is 0 Å². The van der Waals surface area contributed by atoms with Crippen LogP contribution >= 0.6 is 0 Å². The number of benzene rings is 1. The van der Waals surface area contributed by atoms with E-state index in [4.69, 9.17) is 4.42 Å². The Morgan fingerprint density at radius 1 is 1.18 bits per heavy atom. The van der Waals surface area contributed by atoms with Gasteiger partial charge < -0.3 is 9.73 Å². The summed E-state index contributed by atoms with van der Waals surface area (Å²) in [6.45, 7) is 2.06. The second-order valence-electron chi connectivity index (χ2n) is 5.41. The van der Waals surface area contributed by atoms with Crippen LogP contribution < -0.4 is 10.7 Å².